The van der Waals surface area contributed by atoms with E-state index in [9.17, 15) is 9.59 Å². The number of benzene rings is 1. The van der Waals surface area contributed by atoms with Crippen LogP contribution in [0.25, 0.3) is 10.6 Å². The first-order valence-electron chi connectivity index (χ1n) is 11.4. The summed E-state index contributed by atoms with van der Waals surface area (Å²) in [6.07, 6.45) is 5.47. The lowest BCUT2D eigenvalue weighted by atomic mass is 9.95. The molecule has 174 valence electrons. The molecule has 33 heavy (non-hydrogen) atoms. The molecule has 0 bridgehead atoms. The second-order valence-electron chi connectivity index (χ2n) is 8.59. The molecule has 1 fully saturated rings. The van der Waals surface area contributed by atoms with E-state index in [2.05, 4.69) is 5.10 Å². The number of hydrogen-bond donors (Lipinski definition) is 0. The smallest absolute Gasteiger partial charge is 0.279 e. The maximum absolute atomic E-state index is 13.5. The van der Waals surface area contributed by atoms with Gasteiger partial charge < -0.3 is 9.64 Å². The van der Waals surface area contributed by atoms with Crippen LogP contribution in [0, 0.1) is 0 Å². The molecule has 0 spiro atoms. The normalized spacial score (nSPS) is 22.2. The number of fused-ring (bicyclic) bond motifs is 1. The number of carbonyl (C=O) groups is 1. The molecule has 0 N–H and O–H groups in total. The standard InChI is InChI=1S/C24H28N4O3S2/c1-5-27-22(30)20(24-26(3)17-13-16(31-4)11-12-18(17)32-24)33-23(27)19-14(2)25-28(21(19)29)15-9-7-6-8-10-15/h11-13,15H,5-10H2,1-4H3/b23-19?,24-20-. The van der Waals surface area contributed by atoms with Crippen LogP contribution in [0.5, 0.6) is 5.75 Å². The van der Waals surface area contributed by atoms with Gasteiger partial charge >= 0.3 is 0 Å². The van der Waals surface area contributed by atoms with Crippen molar-refractivity contribution in [1.29, 1.82) is 0 Å². The fourth-order valence-corrected chi connectivity index (χ4v) is 7.40. The van der Waals surface area contributed by atoms with Gasteiger partial charge in [0.25, 0.3) is 11.5 Å². The Hall–Kier alpha value is -2.52. The van der Waals surface area contributed by atoms with Crippen LogP contribution in [0.15, 0.2) is 33.0 Å². The highest BCUT2D eigenvalue weighted by Gasteiger charge is 2.35. The summed E-state index contributed by atoms with van der Waals surface area (Å²) < 4.78 is 8.46. The topological polar surface area (TPSA) is 67.1 Å². The van der Waals surface area contributed by atoms with Crippen LogP contribution in [0.2, 0.25) is 0 Å². The first kappa shape index (κ1) is 22.3. The number of aromatic nitrogens is 1. The van der Waals surface area contributed by atoms with Gasteiger partial charge in [0, 0.05) is 24.6 Å². The molecule has 0 unspecified atom stereocenters. The van der Waals surface area contributed by atoms with Gasteiger partial charge in [0.2, 0.25) is 0 Å². The number of thioether (sulfide) groups is 1. The number of nitrogens with zero attached hydrogens (tertiary/aromatic N) is 4. The minimum absolute atomic E-state index is 0.0594. The van der Waals surface area contributed by atoms with E-state index >= 15 is 0 Å². The number of anilines is 1. The van der Waals surface area contributed by atoms with Gasteiger partial charge in [0.1, 0.15) is 20.0 Å². The fraction of sp³-hybridized carbons (Fsp3) is 0.458. The fourth-order valence-electron chi connectivity index (χ4n) is 4.82. The molecule has 1 saturated carbocycles. The Morgan fingerprint density at radius 1 is 1.18 bits per heavy atom. The van der Waals surface area contributed by atoms with Gasteiger partial charge in [-0.1, -0.05) is 31.0 Å². The van der Waals surface area contributed by atoms with Crippen LogP contribution in [0.3, 0.4) is 0 Å². The maximum atomic E-state index is 13.5. The number of methoxy groups -OCH3 is 1. The van der Waals surface area contributed by atoms with E-state index in [0.717, 1.165) is 47.0 Å². The number of rotatable bonds is 3. The highest BCUT2D eigenvalue weighted by atomic mass is 32.2. The third-order valence-electron chi connectivity index (χ3n) is 6.61. The minimum atomic E-state index is -0.0696. The Labute approximate surface area is 201 Å². The highest BCUT2D eigenvalue weighted by molar-refractivity contribution is 8.08. The molecule has 2 aliphatic heterocycles. The van der Waals surface area contributed by atoms with Crippen molar-refractivity contribution < 1.29 is 9.53 Å². The van der Waals surface area contributed by atoms with Gasteiger partial charge in [-0.15, -0.1) is 11.3 Å². The van der Waals surface area contributed by atoms with Crippen molar-refractivity contribution in [2.75, 3.05) is 19.1 Å². The summed E-state index contributed by atoms with van der Waals surface area (Å²) in [7, 11) is 3.62. The maximum Gasteiger partial charge on any atom is 0.279 e. The number of carbonyl (C=O) groups excluding carboxylic acids is 1. The number of thiazole rings is 1. The summed E-state index contributed by atoms with van der Waals surface area (Å²) in [5, 5.41) is 7.21. The highest BCUT2D eigenvalue weighted by Crippen LogP contribution is 2.46. The summed E-state index contributed by atoms with van der Waals surface area (Å²) in [5.41, 5.74) is 2.22. The zero-order valence-electron chi connectivity index (χ0n) is 19.4. The Morgan fingerprint density at radius 2 is 1.94 bits per heavy atom. The van der Waals surface area contributed by atoms with E-state index in [1.54, 1.807) is 28.4 Å². The molecule has 1 aromatic heterocycles. The van der Waals surface area contributed by atoms with Crippen LogP contribution in [0.1, 0.15) is 46.0 Å². The molecule has 0 radical (unpaired) electrons. The van der Waals surface area contributed by atoms with Crippen LogP contribution >= 0.6 is 23.1 Å². The lowest BCUT2D eigenvalue weighted by Crippen LogP contribution is -2.37. The zero-order chi connectivity index (χ0) is 23.3. The molecule has 0 saturated heterocycles. The Kier molecular flexibility index (Phi) is 5.86. The van der Waals surface area contributed by atoms with Crippen molar-refractivity contribution in [3.63, 3.8) is 0 Å². The van der Waals surface area contributed by atoms with Crippen LogP contribution in [0.4, 0.5) is 5.69 Å². The van der Waals surface area contributed by atoms with Gasteiger partial charge in [-0.2, -0.15) is 5.10 Å². The molecular formula is C24H28N4O3S2. The molecule has 5 rings (SSSR count). The molecule has 3 heterocycles. The molecule has 7 nitrogen and oxygen atoms in total. The van der Waals surface area contributed by atoms with E-state index in [-0.39, 0.29) is 17.5 Å². The number of amides is 1. The van der Waals surface area contributed by atoms with E-state index in [1.165, 1.54) is 17.8 Å². The van der Waals surface area contributed by atoms with Crippen molar-refractivity contribution in [3.8, 4) is 5.75 Å². The predicted octanol–water partition coefficient (Wildman–Crippen LogP) is 2.95. The molecule has 1 aliphatic carbocycles. The summed E-state index contributed by atoms with van der Waals surface area (Å²) >= 11 is 2.98. The Balaban J connectivity index is 1.65. The third-order valence-corrected chi connectivity index (χ3v) is 9.16. The predicted molar refractivity (Wildman–Crippen MR) is 134 cm³/mol. The van der Waals surface area contributed by atoms with E-state index in [0.29, 0.717) is 27.0 Å². The largest absolute Gasteiger partial charge is 0.497 e. The average Bonchev–Trinajstić information content (AvgIpc) is 3.44. The molecule has 3 aliphatic rings. The van der Waals surface area contributed by atoms with Crippen LogP contribution in [-0.4, -0.2) is 41.4 Å². The van der Waals surface area contributed by atoms with Crippen molar-refractivity contribution >= 4 is 51.0 Å². The number of hydrazone groups is 1. The average molecular weight is 485 g/mol. The molecule has 0 atom stereocenters. The van der Waals surface area contributed by atoms with Crippen molar-refractivity contribution in [2.24, 2.45) is 5.10 Å². The Bertz CT molecular complexity index is 1330. The first-order chi connectivity index (χ1) is 15.9. The van der Waals surface area contributed by atoms with E-state index in [1.807, 2.05) is 44.0 Å². The third kappa shape index (κ3) is 3.61. The molecule has 1 amide bonds. The molecule has 9 heteroatoms. The lowest BCUT2D eigenvalue weighted by Gasteiger charge is -2.27. The van der Waals surface area contributed by atoms with Gasteiger partial charge in [-0.25, -0.2) is 5.01 Å². The summed E-state index contributed by atoms with van der Waals surface area (Å²) in [6.45, 7) is 4.33. The molecular weight excluding hydrogens is 456 g/mol. The summed E-state index contributed by atoms with van der Waals surface area (Å²) in [5.74, 6) is 0.710. The lowest BCUT2D eigenvalue weighted by molar-refractivity contribution is -0.126. The second-order valence-corrected chi connectivity index (χ2v) is 10.6. The summed E-state index contributed by atoms with van der Waals surface area (Å²) in [6, 6.07) is 6.09. The van der Waals surface area contributed by atoms with E-state index < -0.39 is 0 Å². The van der Waals surface area contributed by atoms with Crippen molar-refractivity contribution in [1.82, 2.24) is 9.58 Å². The number of hydrogen-bond acceptors (Lipinski definition) is 7. The minimum Gasteiger partial charge on any atom is -0.497 e. The van der Waals surface area contributed by atoms with Gasteiger partial charge in [-0.3, -0.25) is 14.2 Å². The van der Waals surface area contributed by atoms with E-state index in [4.69, 9.17) is 4.74 Å². The zero-order valence-corrected chi connectivity index (χ0v) is 21.0. The van der Waals surface area contributed by atoms with Crippen molar-refractivity contribution in [3.05, 3.63) is 37.7 Å². The summed E-state index contributed by atoms with van der Waals surface area (Å²) in [4.78, 5) is 30.1. The van der Waals surface area contributed by atoms with Gasteiger partial charge in [0.15, 0.2) is 0 Å². The quantitative estimate of drug-likeness (QED) is 0.670. The SMILES string of the molecule is CCn1c(=C2C(=O)N(C3CCCCC3)N=C2C)s/c(=C2\Sc3ccc(OC)cc3N2C)c1=O. The van der Waals surface area contributed by atoms with Crippen LogP contribution in [-0.2, 0) is 11.3 Å². The number of ether oxygens (including phenoxy) is 1. The van der Waals surface area contributed by atoms with Crippen molar-refractivity contribution in [2.45, 2.75) is 63.4 Å². The van der Waals surface area contributed by atoms with Crippen LogP contribution < -0.4 is 24.4 Å². The molecule has 2 aromatic rings. The second kappa shape index (κ2) is 8.68. The van der Waals surface area contributed by atoms with Gasteiger partial charge in [0.05, 0.1) is 30.1 Å². The monoisotopic (exact) mass is 484 g/mol. The first-order valence-corrected chi connectivity index (χ1v) is 13.0. The molecule has 1 aromatic carbocycles. The van der Waals surface area contributed by atoms with Gasteiger partial charge in [-0.05, 0) is 38.8 Å². The Morgan fingerprint density at radius 3 is 2.64 bits per heavy atom.